The third-order valence-electron chi connectivity index (χ3n) is 2.32. The Morgan fingerprint density at radius 3 is 2.65 bits per heavy atom. The smallest absolute Gasteiger partial charge is 0.0641 e. The summed E-state index contributed by atoms with van der Waals surface area (Å²) in [5.74, 6) is 0. The summed E-state index contributed by atoms with van der Waals surface area (Å²) >= 11 is 17.3. The van der Waals surface area contributed by atoms with E-state index in [4.69, 9.17) is 23.2 Å². The highest BCUT2D eigenvalue weighted by atomic mass is 79.9. The van der Waals surface area contributed by atoms with E-state index in [1.165, 1.54) is 4.88 Å². The second kappa shape index (κ2) is 5.61. The third kappa shape index (κ3) is 3.38. The highest BCUT2D eigenvalue weighted by Gasteiger charge is 2.05. The molecule has 0 bridgehead atoms. The number of nitrogens with one attached hydrogen (secondary N) is 1. The van der Waals surface area contributed by atoms with Crippen LogP contribution in [0.1, 0.15) is 10.4 Å². The number of anilines is 1. The molecule has 2 rings (SSSR count). The molecule has 0 atom stereocenters. The summed E-state index contributed by atoms with van der Waals surface area (Å²) in [5, 5.41) is 6.76. The average molecular weight is 351 g/mol. The van der Waals surface area contributed by atoms with Gasteiger partial charge in [0.15, 0.2) is 0 Å². The molecule has 1 N–H and O–H groups in total. The van der Waals surface area contributed by atoms with E-state index in [2.05, 4.69) is 32.7 Å². The molecule has 5 heteroatoms. The first-order valence-electron chi connectivity index (χ1n) is 4.98. The van der Waals surface area contributed by atoms with Crippen molar-refractivity contribution in [1.29, 1.82) is 0 Å². The summed E-state index contributed by atoms with van der Waals surface area (Å²) < 4.78 is 1.10. The minimum absolute atomic E-state index is 0.697. The summed E-state index contributed by atoms with van der Waals surface area (Å²) in [6, 6.07) is 5.82. The van der Waals surface area contributed by atoms with Crippen molar-refractivity contribution in [3.8, 4) is 0 Å². The monoisotopic (exact) mass is 349 g/mol. The van der Waals surface area contributed by atoms with Gasteiger partial charge in [0.05, 0.1) is 10.7 Å². The van der Waals surface area contributed by atoms with Gasteiger partial charge in [-0.1, -0.05) is 23.2 Å². The van der Waals surface area contributed by atoms with Crippen LogP contribution >= 0.6 is 50.5 Å². The van der Waals surface area contributed by atoms with Crippen LogP contribution in [-0.2, 0) is 6.54 Å². The first kappa shape index (κ1) is 13.2. The summed E-state index contributed by atoms with van der Waals surface area (Å²) in [7, 11) is 0. The Balaban J connectivity index is 2.11. The first-order valence-corrected chi connectivity index (χ1v) is 7.41. The lowest BCUT2D eigenvalue weighted by molar-refractivity contribution is 1.19. The Kier molecular flexibility index (Phi) is 4.36. The number of aryl methyl sites for hydroxylation is 1. The van der Waals surface area contributed by atoms with Crippen molar-refractivity contribution in [3.63, 3.8) is 0 Å². The van der Waals surface area contributed by atoms with Crippen LogP contribution in [0.15, 0.2) is 28.1 Å². The Labute approximate surface area is 123 Å². The van der Waals surface area contributed by atoms with Crippen LogP contribution in [0.2, 0.25) is 10.0 Å². The van der Waals surface area contributed by atoms with Gasteiger partial charge in [-0.25, -0.2) is 0 Å². The molecule has 0 radical (unpaired) electrons. The highest BCUT2D eigenvalue weighted by molar-refractivity contribution is 9.10. The van der Waals surface area contributed by atoms with Crippen LogP contribution in [0.25, 0.3) is 0 Å². The lowest BCUT2D eigenvalue weighted by Crippen LogP contribution is -1.98. The van der Waals surface area contributed by atoms with Crippen molar-refractivity contribution < 1.29 is 0 Å². The van der Waals surface area contributed by atoms with E-state index in [9.17, 15) is 0 Å². The van der Waals surface area contributed by atoms with E-state index in [0.717, 1.165) is 27.3 Å². The molecule has 0 aliphatic carbocycles. The number of hydrogen-bond donors (Lipinski definition) is 1. The van der Waals surface area contributed by atoms with Gasteiger partial charge in [0.1, 0.15) is 0 Å². The van der Waals surface area contributed by atoms with Gasteiger partial charge in [-0.15, -0.1) is 11.3 Å². The zero-order chi connectivity index (χ0) is 12.4. The van der Waals surface area contributed by atoms with E-state index < -0.39 is 0 Å². The number of benzene rings is 1. The van der Waals surface area contributed by atoms with Crippen molar-refractivity contribution in [2.75, 3.05) is 5.32 Å². The van der Waals surface area contributed by atoms with E-state index >= 15 is 0 Å². The lowest BCUT2D eigenvalue weighted by atomic mass is 10.2. The molecule has 17 heavy (non-hydrogen) atoms. The first-order chi connectivity index (χ1) is 8.06. The quantitative estimate of drug-likeness (QED) is 0.744. The van der Waals surface area contributed by atoms with Crippen LogP contribution in [0.5, 0.6) is 0 Å². The number of thiophene rings is 1. The van der Waals surface area contributed by atoms with Crippen molar-refractivity contribution >= 4 is 56.2 Å². The summed E-state index contributed by atoms with van der Waals surface area (Å²) in [6.45, 7) is 2.68. The predicted molar refractivity (Wildman–Crippen MR) is 80.5 cm³/mol. The molecule has 90 valence electrons. The summed E-state index contributed by atoms with van der Waals surface area (Å²) in [4.78, 5) is 1.24. The Morgan fingerprint density at radius 2 is 2.00 bits per heavy atom. The summed E-state index contributed by atoms with van der Waals surface area (Å²) in [5.41, 5.74) is 1.85. The van der Waals surface area contributed by atoms with Gasteiger partial charge in [-0.3, -0.25) is 0 Å². The molecule has 1 aromatic carbocycles. The van der Waals surface area contributed by atoms with E-state index in [-0.39, 0.29) is 0 Å². The van der Waals surface area contributed by atoms with Gasteiger partial charge >= 0.3 is 0 Å². The van der Waals surface area contributed by atoms with E-state index in [1.807, 2.05) is 19.1 Å². The molecule has 0 fully saturated rings. The van der Waals surface area contributed by atoms with Gasteiger partial charge in [-0.05, 0) is 46.6 Å². The molecule has 0 aliphatic rings. The number of rotatable bonds is 3. The topological polar surface area (TPSA) is 12.0 Å². The third-order valence-corrected chi connectivity index (χ3v) is 4.74. The fourth-order valence-corrected chi connectivity index (χ4v) is 3.25. The Morgan fingerprint density at radius 1 is 1.24 bits per heavy atom. The fraction of sp³-hybridized carbons (Fsp3) is 0.167. The number of halogens is 3. The van der Waals surface area contributed by atoms with Crippen molar-refractivity contribution in [2.45, 2.75) is 13.5 Å². The van der Waals surface area contributed by atoms with Crippen LogP contribution in [-0.4, -0.2) is 0 Å². The zero-order valence-corrected chi connectivity index (χ0v) is 13.0. The minimum Gasteiger partial charge on any atom is -0.379 e. The van der Waals surface area contributed by atoms with Crippen molar-refractivity contribution in [2.24, 2.45) is 0 Å². The molecule has 1 heterocycles. The molecule has 0 aliphatic heterocycles. The number of hydrogen-bond acceptors (Lipinski definition) is 2. The Bertz CT molecular complexity index is 539. The Hall–Kier alpha value is -0.220. The molecular weight excluding hydrogens is 341 g/mol. The molecule has 0 amide bonds. The largest absolute Gasteiger partial charge is 0.379 e. The second-order valence-corrected chi connectivity index (χ2v) is 6.39. The maximum atomic E-state index is 6.15. The van der Waals surface area contributed by atoms with Crippen molar-refractivity contribution in [3.05, 3.63) is 48.5 Å². The zero-order valence-electron chi connectivity index (χ0n) is 9.06. The molecule has 1 aromatic heterocycles. The second-order valence-electron chi connectivity index (χ2n) is 3.67. The molecule has 0 spiro atoms. The fourth-order valence-electron chi connectivity index (χ4n) is 1.41. The minimum atomic E-state index is 0.697. The molecule has 0 saturated carbocycles. The van der Waals surface area contributed by atoms with E-state index in [0.29, 0.717) is 5.02 Å². The average Bonchev–Trinajstić information content (AvgIpc) is 2.68. The highest BCUT2D eigenvalue weighted by Crippen LogP contribution is 2.29. The van der Waals surface area contributed by atoms with E-state index in [1.54, 1.807) is 11.3 Å². The summed E-state index contributed by atoms with van der Waals surface area (Å²) in [6.07, 6.45) is 0. The van der Waals surface area contributed by atoms with Crippen LogP contribution in [0, 0.1) is 6.92 Å². The predicted octanol–water partition coefficient (Wildman–Crippen LogP) is 5.74. The van der Waals surface area contributed by atoms with Crippen LogP contribution < -0.4 is 5.32 Å². The normalized spacial score (nSPS) is 10.6. The maximum absolute atomic E-state index is 6.15. The molecule has 1 nitrogen and oxygen atoms in total. The molecule has 0 saturated heterocycles. The van der Waals surface area contributed by atoms with Gasteiger partial charge in [0.25, 0.3) is 0 Å². The standard InChI is InChI=1S/C12H10BrCl2NS/c1-7-2-11(15)12(4-10(7)14)16-5-9-3-8(13)6-17-9/h2-4,6,16H,5H2,1H3. The molecule has 0 unspecified atom stereocenters. The van der Waals surface area contributed by atoms with Gasteiger partial charge in [0.2, 0.25) is 0 Å². The maximum Gasteiger partial charge on any atom is 0.0641 e. The van der Waals surface area contributed by atoms with Gasteiger partial charge in [0, 0.05) is 26.3 Å². The van der Waals surface area contributed by atoms with Crippen molar-refractivity contribution in [1.82, 2.24) is 0 Å². The van der Waals surface area contributed by atoms with Gasteiger partial charge < -0.3 is 5.32 Å². The van der Waals surface area contributed by atoms with Gasteiger partial charge in [-0.2, -0.15) is 0 Å². The van der Waals surface area contributed by atoms with Crippen LogP contribution in [0.4, 0.5) is 5.69 Å². The molecule has 2 aromatic rings. The lowest BCUT2D eigenvalue weighted by Gasteiger charge is -2.09. The molecular formula is C12H10BrCl2NS. The van der Waals surface area contributed by atoms with Crippen LogP contribution in [0.3, 0.4) is 0 Å². The SMILES string of the molecule is Cc1cc(Cl)c(NCc2cc(Br)cs2)cc1Cl.